The number of hydrogen-bond acceptors (Lipinski definition) is 6. The number of carbonyl (C=O) groups is 1. The summed E-state index contributed by atoms with van der Waals surface area (Å²) in [6.45, 7) is 2.63. The average Bonchev–Trinajstić information content (AvgIpc) is 3.02. The van der Waals surface area contributed by atoms with Gasteiger partial charge < -0.3 is 4.90 Å². The number of aromatic nitrogens is 1. The third-order valence-corrected chi connectivity index (χ3v) is 4.58. The number of hydrogen-bond donors (Lipinski definition) is 1. The molecule has 3 heterocycles. The molecule has 2 aliphatic rings. The van der Waals surface area contributed by atoms with Crippen LogP contribution in [0.25, 0.3) is 0 Å². The highest BCUT2D eigenvalue weighted by Gasteiger charge is 2.46. The quantitative estimate of drug-likeness (QED) is 0.864. The summed E-state index contributed by atoms with van der Waals surface area (Å²) in [5.41, 5.74) is 2.43. The first-order valence-electron chi connectivity index (χ1n) is 6.77. The zero-order valence-corrected chi connectivity index (χ0v) is 12.6. The van der Waals surface area contributed by atoms with E-state index in [0.717, 1.165) is 38.2 Å². The predicted octanol–water partition coefficient (Wildman–Crippen LogP) is 0.525. The highest BCUT2D eigenvalue weighted by Crippen LogP contribution is 2.30. The molecular formula is C13H19N5OS. The molecule has 0 aliphatic carbocycles. The highest BCUT2D eigenvalue weighted by atomic mass is 32.1. The van der Waals surface area contributed by atoms with Crippen molar-refractivity contribution in [3.8, 4) is 0 Å². The van der Waals surface area contributed by atoms with Crippen LogP contribution in [0.15, 0.2) is 15.9 Å². The van der Waals surface area contributed by atoms with E-state index in [1.54, 1.807) is 11.3 Å². The summed E-state index contributed by atoms with van der Waals surface area (Å²) < 4.78 is 0. The van der Waals surface area contributed by atoms with Crippen LogP contribution in [-0.2, 0) is 11.3 Å². The van der Waals surface area contributed by atoms with Crippen LogP contribution in [0, 0.1) is 0 Å². The Morgan fingerprint density at radius 1 is 1.45 bits per heavy atom. The number of thiazole rings is 1. The minimum Gasteiger partial charge on any atom is -0.349 e. The number of nitrogens with zero attached hydrogens (tertiary/aromatic N) is 4. The van der Waals surface area contributed by atoms with Gasteiger partial charge in [-0.25, -0.2) is 9.98 Å². The van der Waals surface area contributed by atoms with Gasteiger partial charge in [0.25, 0.3) is 5.91 Å². The summed E-state index contributed by atoms with van der Waals surface area (Å²) in [6.07, 6.45) is 1.56. The molecule has 1 saturated heterocycles. The average molecular weight is 293 g/mol. The summed E-state index contributed by atoms with van der Waals surface area (Å²) in [6, 6.07) is 0. The lowest BCUT2D eigenvalue weighted by Crippen LogP contribution is -2.49. The fourth-order valence-corrected chi connectivity index (χ4v) is 3.23. The van der Waals surface area contributed by atoms with Crippen molar-refractivity contribution in [2.75, 3.05) is 27.2 Å². The van der Waals surface area contributed by atoms with Gasteiger partial charge in [0.1, 0.15) is 5.54 Å². The van der Waals surface area contributed by atoms with Gasteiger partial charge in [-0.2, -0.15) is 0 Å². The number of amides is 1. The van der Waals surface area contributed by atoms with Crippen molar-refractivity contribution in [3.63, 3.8) is 0 Å². The summed E-state index contributed by atoms with van der Waals surface area (Å²) >= 11 is 1.62. The molecule has 2 aliphatic heterocycles. The van der Waals surface area contributed by atoms with Crippen LogP contribution in [0.3, 0.4) is 0 Å². The number of carbonyl (C=O) groups excluding carboxylic acids is 1. The van der Waals surface area contributed by atoms with Crippen LogP contribution in [0.5, 0.6) is 0 Å². The Bertz CT molecular complexity index is 517. The molecule has 6 nitrogen and oxygen atoms in total. The monoisotopic (exact) mass is 293 g/mol. The number of aliphatic imine (C=N–C) groups is 1. The number of likely N-dealkylation sites (tertiary alicyclic amines) is 1. The molecule has 0 atom stereocenters. The molecule has 0 unspecified atom stereocenters. The number of rotatable bonds is 2. The topological polar surface area (TPSA) is 60.8 Å². The van der Waals surface area contributed by atoms with E-state index in [0.29, 0.717) is 5.96 Å². The second-order valence-corrected chi connectivity index (χ2v) is 6.29. The van der Waals surface area contributed by atoms with Gasteiger partial charge >= 0.3 is 0 Å². The molecule has 108 valence electrons. The molecule has 1 fully saturated rings. The molecule has 1 aromatic rings. The van der Waals surface area contributed by atoms with Crippen molar-refractivity contribution in [2.45, 2.75) is 24.9 Å². The maximum atomic E-state index is 12.2. The van der Waals surface area contributed by atoms with E-state index >= 15 is 0 Å². The molecule has 1 aromatic heterocycles. The number of piperidine rings is 1. The van der Waals surface area contributed by atoms with Crippen molar-refractivity contribution in [3.05, 3.63) is 16.6 Å². The fraction of sp³-hybridized carbons (Fsp3) is 0.615. The van der Waals surface area contributed by atoms with Gasteiger partial charge in [-0.05, 0) is 12.8 Å². The second-order valence-electron chi connectivity index (χ2n) is 5.57. The summed E-state index contributed by atoms with van der Waals surface area (Å²) in [7, 11) is 3.80. The van der Waals surface area contributed by atoms with Crippen LogP contribution < -0.4 is 5.32 Å². The van der Waals surface area contributed by atoms with Crippen LogP contribution in [0.4, 0.5) is 0 Å². The molecule has 0 radical (unpaired) electrons. The standard InChI is InChI=1S/C13H19N5OS/c1-17(2)12-15-11(19)13(16-12)3-5-18(6-4-13)7-10-8-20-9-14-10/h8-9H,3-7H2,1-2H3,(H,15,16,19). The molecule has 1 amide bonds. The van der Waals surface area contributed by atoms with E-state index in [1.807, 2.05) is 24.5 Å². The Morgan fingerprint density at radius 3 is 2.75 bits per heavy atom. The van der Waals surface area contributed by atoms with Crippen LogP contribution in [-0.4, -0.2) is 59.4 Å². The first-order chi connectivity index (χ1) is 9.59. The Morgan fingerprint density at radius 2 is 2.20 bits per heavy atom. The van der Waals surface area contributed by atoms with E-state index in [2.05, 4.69) is 25.6 Å². The van der Waals surface area contributed by atoms with E-state index in [1.165, 1.54) is 0 Å². The Balaban J connectivity index is 1.64. The molecule has 3 rings (SSSR count). The lowest BCUT2D eigenvalue weighted by molar-refractivity contribution is -0.125. The van der Waals surface area contributed by atoms with Crippen LogP contribution in [0.1, 0.15) is 18.5 Å². The largest absolute Gasteiger partial charge is 0.349 e. The molecule has 0 aromatic carbocycles. The van der Waals surface area contributed by atoms with E-state index in [4.69, 9.17) is 0 Å². The van der Waals surface area contributed by atoms with Crippen molar-refractivity contribution in [1.29, 1.82) is 0 Å². The lowest BCUT2D eigenvalue weighted by Gasteiger charge is -2.35. The SMILES string of the molecule is CN(C)C1=NC2(CCN(Cc3cscn3)CC2)C(=O)N1. The summed E-state index contributed by atoms with van der Waals surface area (Å²) in [4.78, 5) is 25.4. The van der Waals surface area contributed by atoms with Gasteiger partial charge in [-0.15, -0.1) is 11.3 Å². The van der Waals surface area contributed by atoms with Gasteiger partial charge in [0.15, 0.2) is 0 Å². The molecule has 7 heteroatoms. The second kappa shape index (κ2) is 5.14. The molecule has 1 N–H and O–H groups in total. The Kier molecular flexibility index (Phi) is 3.47. The lowest BCUT2D eigenvalue weighted by atomic mass is 9.88. The van der Waals surface area contributed by atoms with Gasteiger partial charge in [0.05, 0.1) is 11.2 Å². The van der Waals surface area contributed by atoms with Gasteiger partial charge in [-0.3, -0.25) is 15.0 Å². The Hall–Kier alpha value is -1.47. The predicted molar refractivity (Wildman–Crippen MR) is 78.6 cm³/mol. The van der Waals surface area contributed by atoms with Crippen LogP contribution in [0.2, 0.25) is 0 Å². The normalized spacial score (nSPS) is 21.9. The third-order valence-electron chi connectivity index (χ3n) is 3.94. The summed E-state index contributed by atoms with van der Waals surface area (Å²) in [5, 5.41) is 4.96. The van der Waals surface area contributed by atoms with E-state index < -0.39 is 5.54 Å². The zero-order valence-electron chi connectivity index (χ0n) is 11.8. The molecule has 20 heavy (non-hydrogen) atoms. The molecule has 1 spiro atoms. The molecule has 0 saturated carbocycles. The van der Waals surface area contributed by atoms with Crippen molar-refractivity contribution in [1.82, 2.24) is 20.1 Å². The van der Waals surface area contributed by atoms with E-state index in [9.17, 15) is 4.79 Å². The first-order valence-corrected chi connectivity index (χ1v) is 7.71. The van der Waals surface area contributed by atoms with Crippen molar-refractivity contribution in [2.24, 2.45) is 4.99 Å². The maximum Gasteiger partial charge on any atom is 0.254 e. The summed E-state index contributed by atoms with van der Waals surface area (Å²) in [5.74, 6) is 0.734. The fourth-order valence-electron chi connectivity index (χ4n) is 2.68. The zero-order chi connectivity index (χ0) is 14.2. The van der Waals surface area contributed by atoms with Crippen LogP contribution >= 0.6 is 11.3 Å². The van der Waals surface area contributed by atoms with E-state index in [-0.39, 0.29) is 5.91 Å². The first kappa shape index (κ1) is 13.5. The van der Waals surface area contributed by atoms with Gasteiger partial charge in [0, 0.05) is 39.1 Å². The Labute approximate surface area is 122 Å². The van der Waals surface area contributed by atoms with Crippen molar-refractivity contribution >= 4 is 23.2 Å². The number of guanidine groups is 1. The number of nitrogens with one attached hydrogen (secondary N) is 1. The smallest absolute Gasteiger partial charge is 0.254 e. The van der Waals surface area contributed by atoms with Gasteiger partial charge in [0.2, 0.25) is 5.96 Å². The maximum absolute atomic E-state index is 12.2. The van der Waals surface area contributed by atoms with Gasteiger partial charge in [-0.1, -0.05) is 0 Å². The minimum atomic E-state index is -0.543. The molecule has 0 bridgehead atoms. The minimum absolute atomic E-state index is 0.0505. The molecular weight excluding hydrogens is 274 g/mol. The van der Waals surface area contributed by atoms with Crippen molar-refractivity contribution < 1.29 is 4.79 Å². The highest BCUT2D eigenvalue weighted by molar-refractivity contribution is 7.07. The third kappa shape index (κ3) is 2.43.